The summed E-state index contributed by atoms with van der Waals surface area (Å²) in [5.41, 5.74) is -1.31. The van der Waals surface area contributed by atoms with Crippen LogP contribution in [0.2, 0.25) is 0 Å². The fourth-order valence-electron chi connectivity index (χ4n) is 1.07. The summed E-state index contributed by atoms with van der Waals surface area (Å²) >= 11 is 0. The highest BCUT2D eigenvalue weighted by Crippen LogP contribution is 2.06. The van der Waals surface area contributed by atoms with Gasteiger partial charge in [0.15, 0.2) is 5.54 Å². The molecule has 1 atom stereocenters. The lowest BCUT2D eigenvalue weighted by Gasteiger charge is -2.23. The van der Waals surface area contributed by atoms with E-state index in [2.05, 4.69) is 5.32 Å². The Balaban J connectivity index is 2.82. The standard InChI is InChI=1S/C11H13NO4/c1-11(7-13,10(15)16)12-9(14)8-5-3-2-4-6-8/h2-6,13H,7H2,1H3,(H,12,14)(H,15,16)/t11-/m1/s1. The monoisotopic (exact) mass is 223 g/mol. The number of aliphatic carboxylic acids is 1. The average Bonchev–Trinajstić information content (AvgIpc) is 2.29. The zero-order chi connectivity index (χ0) is 12.2. The second kappa shape index (κ2) is 4.76. The highest BCUT2D eigenvalue weighted by atomic mass is 16.4. The van der Waals surface area contributed by atoms with Gasteiger partial charge in [-0.1, -0.05) is 18.2 Å². The van der Waals surface area contributed by atoms with Crippen LogP contribution in [-0.2, 0) is 4.79 Å². The molecule has 0 aliphatic rings. The first-order valence-electron chi connectivity index (χ1n) is 4.71. The van der Waals surface area contributed by atoms with Crippen LogP contribution in [0.5, 0.6) is 0 Å². The molecule has 5 nitrogen and oxygen atoms in total. The molecule has 0 saturated heterocycles. The number of amides is 1. The molecular formula is C11H13NO4. The third-order valence-corrected chi connectivity index (χ3v) is 2.21. The van der Waals surface area contributed by atoms with E-state index in [1.165, 1.54) is 6.92 Å². The van der Waals surface area contributed by atoms with Gasteiger partial charge in [0.05, 0.1) is 6.61 Å². The number of carboxylic acid groups (broad SMARTS) is 1. The second-order valence-electron chi connectivity index (χ2n) is 3.62. The Labute approximate surface area is 92.7 Å². The molecule has 0 aliphatic carbocycles. The quantitative estimate of drug-likeness (QED) is 0.683. The van der Waals surface area contributed by atoms with Gasteiger partial charge in [-0.05, 0) is 19.1 Å². The van der Waals surface area contributed by atoms with Gasteiger partial charge in [0, 0.05) is 5.56 Å². The van der Waals surface area contributed by atoms with Gasteiger partial charge in [-0.2, -0.15) is 0 Å². The van der Waals surface area contributed by atoms with Crippen molar-refractivity contribution in [3.05, 3.63) is 35.9 Å². The highest BCUT2D eigenvalue weighted by Gasteiger charge is 2.34. The van der Waals surface area contributed by atoms with Crippen molar-refractivity contribution in [3.63, 3.8) is 0 Å². The van der Waals surface area contributed by atoms with Crippen molar-refractivity contribution in [1.82, 2.24) is 5.32 Å². The smallest absolute Gasteiger partial charge is 0.331 e. The van der Waals surface area contributed by atoms with Crippen LogP contribution < -0.4 is 5.32 Å². The van der Waals surface area contributed by atoms with Crippen molar-refractivity contribution in [3.8, 4) is 0 Å². The van der Waals surface area contributed by atoms with Crippen LogP contribution >= 0.6 is 0 Å². The third-order valence-electron chi connectivity index (χ3n) is 2.21. The van der Waals surface area contributed by atoms with Crippen LogP contribution in [0.25, 0.3) is 0 Å². The fourth-order valence-corrected chi connectivity index (χ4v) is 1.07. The molecule has 0 spiro atoms. The van der Waals surface area contributed by atoms with Gasteiger partial charge in [0.2, 0.25) is 0 Å². The SMILES string of the molecule is C[C@](CO)(NC(=O)c1ccccc1)C(=O)O. The van der Waals surface area contributed by atoms with Gasteiger partial charge in [0.25, 0.3) is 5.91 Å². The normalized spacial score (nSPS) is 13.9. The molecule has 0 fully saturated rings. The number of aliphatic hydroxyl groups is 1. The number of carbonyl (C=O) groups is 2. The zero-order valence-corrected chi connectivity index (χ0v) is 8.80. The number of hydrogen-bond acceptors (Lipinski definition) is 3. The summed E-state index contributed by atoms with van der Waals surface area (Å²) in [5, 5.41) is 20.1. The number of nitrogens with one attached hydrogen (secondary N) is 1. The lowest BCUT2D eigenvalue weighted by atomic mass is 10.0. The van der Waals surface area contributed by atoms with Crippen molar-refractivity contribution < 1.29 is 19.8 Å². The van der Waals surface area contributed by atoms with E-state index in [0.717, 1.165) is 0 Å². The molecule has 1 aromatic carbocycles. The van der Waals surface area contributed by atoms with Gasteiger partial charge in [0.1, 0.15) is 0 Å². The fraction of sp³-hybridized carbons (Fsp3) is 0.273. The van der Waals surface area contributed by atoms with Crippen LogP contribution in [0.3, 0.4) is 0 Å². The molecule has 0 bridgehead atoms. The molecule has 0 saturated carbocycles. The molecule has 1 aromatic rings. The molecule has 0 heterocycles. The first-order chi connectivity index (χ1) is 7.49. The number of benzene rings is 1. The third kappa shape index (κ3) is 2.58. The summed E-state index contributed by atoms with van der Waals surface area (Å²) in [4.78, 5) is 22.5. The van der Waals surface area contributed by atoms with E-state index >= 15 is 0 Å². The predicted octanol–water partition coefficient (Wildman–Crippen LogP) is 0.252. The summed E-state index contributed by atoms with van der Waals surface area (Å²) in [5.74, 6) is -1.81. The van der Waals surface area contributed by atoms with Crippen LogP contribution in [0.15, 0.2) is 30.3 Å². The van der Waals surface area contributed by atoms with E-state index in [9.17, 15) is 9.59 Å². The first kappa shape index (κ1) is 12.2. The second-order valence-corrected chi connectivity index (χ2v) is 3.62. The summed E-state index contributed by atoms with van der Waals surface area (Å²) < 4.78 is 0. The Hall–Kier alpha value is -1.88. The maximum atomic E-state index is 11.6. The predicted molar refractivity (Wildman–Crippen MR) is 57.0 cm³/mol. The van der Waals surface area contributed by atoms with Gasteiger partial charge >= 0.3 is 5.97 Å². The highest BCUT2D eigenvalue weighted by molar-refractivity contribution is 5.97. The number of rotatable bonds is 4. The van der Waals surface area contributed by atoms with E-state index in [4.69, 9.17) is 10.2 Å². The molecular weight excluding hydrogens is 210 g/mol. The molecule has 0 aliphatic heterocycles. The van der Waals surface area contributed by atoms with Crippen molar-refractivity contribution >= 4 is 11.9 Å². The van der Waals surface area contributed by atoms with Crippen LogP contribution in [-0.4, -0.2) is 34.2 Å². The molecule has 0 aromatic heterocycles. The molecule has 5 heteroatoms. The Morgan fingerprint density at radius 2 is 1.88 bits per heavy atom. The van der Waals surface area contributed by atoms with Crippen molar-refractivity contribution in [2.24, 2.45) is 0 Å². The molecule has 0 radical (unpaired) electrons. The van der Waals surface area contributed by atoms with E-state index in [0.29, 0.717) is 5.56 Å². The summed E-state index contributed by atoms with van der Waals surface area (Å²) in [7, 11) is 0. The average molecular weight is 223 g/mol. The van der Waals surface area contributed by atoms with Crippen LogP contribution in [0, 0.1) is 0 Å². The van der Waals surface area contributed by atoms with Crippen molar-refractivity contribution in [2.75, 3.05) is 6.61 Å². The van der Waals surface area contributed by atoms with Crippen LogP contribution in [0.4, 0.5) is 0 Å². The Morgan fingerprint density at radius 3 is 2.31 bits per heavy atom. The van der Waals surface area contributed by atoms with E-state index in [-0.39, 0.29) is 0 Å². The molecule has 0 unspecified atom stereocenters. The molecule has 1 amide bonds. The molecule has 3 N–H and O–H groups in total. The van der Waals surface area contributed by atoms with E-state index in [1.54, 1.807) is 30.3 Å². The molecule has 86 valence electrons. The first-order valence-corrected chi connectivity index (χ1v) is 4.71. The molecule has 16 heavy (non-hydrogen) atoms. The topological polar surface area (TPSA) is 86.6 Å². The summed E-state index contributed by atoms with van der Waals surface area (Å²) in [6, 6.07) is 8.22. The zero-order valence-electron chi connectivity index (χ0n) is 8.80. The minimum Gasteiger partial charge on any atom is -0.479 e. The van der Waals surface area contributed by atoms with Crippen molar-refractivity contribution in [1.29, 1.82) is 0 Å². The lowest BCUT2D eigenvalue weighted by molar-refractivity contribution is -0.145. The van der Waals surface area contributed by atoms with Gasteiger partial charge in [-0.25, -0.2) is 4.79 Å². The Morgan fingerprint density at radius 1 is 1.31 bits per heavy atom. The van der Waals surface area contributed by atoms with Gasteiger partial charge in [-0.3, -0.25) is 4.79 Å². The van der Waals surface area contributed by atoms with E-state index < -0.39 is 24.0 Å². The number of aliphatic hydroxyl groups excluding tert-OH is 1. The Kier molecular flexibility index (Phi) is 3.63. The minimum atomic E-state index is -1.66. The largest absolute Gasteiger partial charge is 0.479 e. The van der Waals surface area contributed by atoms with Crippen LogP contribution in [0.1, 0.15) is 17.3 Å². The number of hydrogen-bond donors (Lipinski definition) is 3. The van der Waals surface area contributed by atoms with Gasteiger partial charge in [-0.15, -0.1) is 0 Å². The lowest BCUT2D eigenvalue weighted by Crippen LogP contribution is -2.54. The maximum absolute atomic E-state index is 11.6. The minimum absolute atomic E-state index is 0.350. The summed E-state index contributed by atoms with van der Waals surface area (Å²) in [6.07, 6.45) is 0. The Bertz CT molecular complexity index is 390. The maximum Gasteiger partial charge on any atom is 0.331 e. The number of carboxylic acids is 1. The molecule has 1 rings (SSSR count). The number of carbonyl (C=O) groups excluding carboxylic acids is 1. The van der Waals surface area contributed by atoms with E-state index in [1.807, 2.05) is 0 Å². The van der Waals surface area contributed by atoms with Gasteiger partial charge < -0.3 is 15.5 Å². The van der Waals surface area contributed by atoms with Crippen molar-refractivity contribution in [2.45, 2.75) is 12.5 Å². The summed E-state index contributed by atoms with van der Waals surface area (Å²) in [6.45, 7) is 0.580.